The molecule has 46 heavy (non-hydrogen) atoms. The van der Waals surface area contributed by atoms with E-state index < -0.39 is 17.3 Å². The highest BCUT2D eigenvalue weighted by atomic mass is 19.4. The largest absolute Gasteiger partial charge is 0.493 e. The summed E-state index contributed by atoms with van der Waals surface area (Å²) in [4.78, 5) is 28.5. The molecule has 0 unspecified atom stereocenters. The van der Waals surface area contributed by atoms with Gasteiger partial charge in [0, 0.05) is 29.8 Å². The summed E-state index contributed by atoms with van der Waals surface area (Å²) < 4.78 is 41.6. The molecule has 7 rings (SSSR count). The third-order valence-electron chi connectivity index (χ3n) is 9.88. The first-order valence-electron chi connectivity index (χ1n) is 16.2. The van der Waals surface area contributed by atoms with Crippen molar-refractivity contribution in [3.63, 3.8) is 0 Å². The number of aromatic hydroxyl groups is 1. The molecule has 2 aromatic heterocycles. The Labute approximate surface area is 266 Å². The highest BCUT2D eigenvalue weighted by Gasteiger charge is 2.46. The molecule has 2 N–H and O–H groups in total. The van der Waals surface area contributed by atoms with Crippen LogP contribution in [0.2, 0.25) is 0 Å². The number of hydrogen-bond acceptors (Lipinski definition) is 6. The first kappa shape index (κ1) is 30.6. The minimum absolute atomic E-state index is 0.232. The number of amides is 1. The number of halogens is 3. The Hall–Kier alpha value is -4.02. The van der Waals surface area contributed by atoms with Crippen LogP contribution < -0.4 is 5.32 Å². The maximum absolute atomic E-state index is 14.5. The number of aromatic nitrogens is 2. The Kier molecular flexibility index (Phi) is 8.19. The number of hydrogen-bond donors (Lipinski definition) is 2. The Bertz CT molecular complexity index is 1730. The Balaban J connectivity index is 1.31. The molecule has 1 aliphatic carbocycles. The van der Waals surface area contributed by atoms with Crippen molar-refractivity contribution in [2.24, 2.45) is 0 Å². The maximum atomic E-state index is 14.5. The predicted octanol–water partition coefficient (Wildman–Crippen LogP) is 6.89. The number of nitrogens with one attached hydrogen (secondary N) is 1. The summed E-state index contributed by atoms with van der Waals surface area (Å²) in [6.07, 6.45) is 2.70. The maximum Gasteiger partial charge on any atom is 0.416 e. The molecule has 10 heteroatoms. The van der Waals surface area contributed by atoms with Gasteiger partial charge in [0.1, 0.15) is 5.52 Å². The first-order chi connectivity index (χ1) is 22.2. The monoisotopic (exact) mass is 629 g/mol. The molecule has 3 aliphatic rings. The van der Waals surface area contributed by atoms with Crippen LogP contribution in [0.1, 0.15) is 72.0 Å². The third kappa shape index (κ3) is 6.20. The number of pyridine rings is 2. The van der Waals surface area contributed by atoms with Crippen LogP contribution in [0.15, 0.2) is 66.7 Å². The fourth-order valence-electron chi connectivity index (χ4n) is 7.24. The molecule has 3 fully saturated rings. The molecule has 2 saturated heterocycles. The van der Waals surface area contributed by atoms with Gasteiger partial charge in [0.05, 0.1) is 27.9 Å². The smallest absolute Gasteiger partial charge is 0.416 e. The van der Waals surface area contributed by atoms with E-state index in [2.05, 4.69) is 20.1 Å². The normalized spacial score (nSPS) is 19.3. The number of alkyl halides is 3. The number of piperidine rings is 2. The van der Waals surface area contributed by atoms with Gasteiger partial charge in [-0.25, -0.2) is 9.97 Å². The zero-order valence-corrected chi connectivity index (χ0v) is 25.7. The van der Waals surface area contributed by atoms with E-state index in [0.29, 0.717) is 29.4 Å². The average molecular weight is 630 g/mol. The Morgan fingerprint density at radius 3 is 2.35 bits per heavy atom. The zero-order chi connectivity index (χ0) is 31.9. The molecule has 0 bridgehead atoms. The van der Waals surface area contributed by atoms with Gasteiger partial charge in [-0.3, -0.25) is 9.69 Å². The van der Waals surface area contributed by atoms with E-state index in [0.717, 1.165) is 69.6 Å². The predicted molar refractivity (Wildman–Crippen MR) is 170 cm³/mol. The van der Waals surface area contributed by atoms with Crippen molar-refractivity contribution in [3.8, 4) is 17.1 Å². The van der Waals surface area contributed by atoms with Crippen molar-refractivity contribution in [2.45, 2.75) is 69.2 Å². The summed E-state index contributed by atoms with van der Waals surface area (Å²) in [5.41, 5.74) is 1.60. The van der Waals surface area contributed by atoms with E-state index in [1.54, 1.807) is 12.1 Å². The molecule has 2 aliphatic heterocycles. The summed E-state index contributed by atoms with van der Waals surface area (Å²) >= 11 is 0. The number of carbonyl (C=O) groups is 1. The molecule has 1 saturated carbocycles. The van der Waals surface area contributed by atoms with E-state index in [1.165, 1.54) is 31.4 Å². The van der Waals surface area contributed by atoms with E-state index in [-0.39, 0.29) is 28.4 Å². The van der Waals surface area contributed by atoms with Crippen molar-refractivity contribution in [3.05, 3.63) is 89.0 Å². The quantitative estimate of drug-likeness (QED) is 0.232. The van der Waals surface area contributed by atoms with Gasteiger partial charge < -0.3 is 15.3 Å². The van der Waals surface area contributed by atoms with Crippen molar-refractivity contribution in [1.82, 2.24) is 25.1 Å². The van der Waals surface area contributed by atoms with Crippen molar-refractivity contribution >= 4 is 16.9 Å². The number of likely N-dealkylation sites (tertiary alicyclic amines) is 2. The Morgan fingerprint density at radius 1 is 0.913 bits per heavy atom. The average Bonchev–Trinajstić information content (AvgIpc) is 3.85. The van der Waals surface area contributed by atoms with Crippen molar-refractivity contribution in [2.75, 3.05) is 26.2 Å². The van der Waals surface area contributed by atoms with Gasteiger partial charge in [-0.15, -0.1) is 0 Å². The van der Waals surface area contributed by atoms with Gasteiger partial charge in [0.25, 0.3) is 5.91 Å². The van der Waals surface area contributed by atoms with Crippen LogP contribution >= 0.6 is 0 Å². The lowest BCUT2D eigenvalue weighted by Crippen LogP contribution is -2.46. The molecule has 0 atom stereocenters. The number of benzene rings is 2. The fraction of sp³-hybridized carbons (Fsp3) is 0.417. The topological polar surface area (TPSA) is 81.6 Å². The van der Waals surface area contributed by atoms with Crippen molar-refractivity contribution < 1.29 is 23.1 Å². The van der Waals surface area contributed by atoms with Crippen LogP contribution in [-0.2, 0) is 18.3 Å². The second-order valence-electron chi connectivity index (χ2n) is 12.9. The van der Waals surface area contributed by atoms with Crippen LogP contribution in [0.3, 0.4) is 0 Å². The summed E-state index contributed by atoms with van der Waals surface area (Å²) in [7, 11) is 0. The minimum Gasteiger partial charge on any atom is -0.493 e. The molecule has 4 heterocycles. The van der Waals surface area contributed by atoms with E-state index >= 15 is 0 Å². The molecule has 7 nitrogen and oxygen atoms in total. The van der Waals surface area contributed by atoms with E-state index in [9.17, 15) is 23.1 Å². The number of nitrogens with zero attached hydrogens (tertiary/aromatic N) is 4. The molecule has 2 aromatic carbocycles. The standard InChI is InChI=1S/C36H38F3N5O2/c37-36(38,39)26-11-7-8-24(22-26)32-28(23-43-20-14-27(15-21-43)44-18-5-2-6-19-44)31(33-29(40-32)12-13-30(45)41-33)34(46)42-35(16-17-35)25-9-3-1-4-10-25/h1,3-4,7-13,22,27H,2,5-6,14-21,23H2,(H,41,45)(H,42,46). The number of rotatable bonds is 7. The van der Waals surface area contributed by atoms with Gasteiger partial charge in [-0.05, 0) is 88.5 Å². The van der Waals surface area contributed by atoms with Crippen LogP contribution in [0, 0.1) is 0 Å². The molecular formula is C36H38F3N5O2. The van der Waals surface area contributed by atoms with Gasteiger partial charge in [-0.1, -0.05) is 48.9 Å². The molecule has 240 valence electrons. The zero-order valence-electron chi connectivity index (χ0n) is 25.7. The van der Waals surface area contributed by atoms with Gasteiger partial charge in [0.2, 0.25) is 5.88 Å². The first-order valence-corrected chi connectivity index (χ1v) is 16.2. The minimum atomic E-state index is -4.54. The molecule has 0 radical (unpaired) electrons. The summed E-state index contributed by atoms with van der Waals surface area (Å²) in [6.45, 7) is 4.16. The third-order valence-corrected chi connectivity index (χ3v) is 9.88. The molecule has 4 aromatic rings. The molecular weight excluding hydrogens is 591 g/mol. The van der Waals surface area contributed by atoms with E-state index in [1.807, 2.05) is 30.3 Å². The Morgan fingerprint density at radius 2 is 1.65 bits per heavy atom. The fourth-order valence-corrected chi connectivity index (χ4v) is 7.24. The molecule has 1 amide bonds. The van der Waals surface area contributed by atoms with Crippen LogP contribution in [0.25, 0.3) is 22.3 Å². The second kappa shape index (κ2) is 12.3. The number of carbonyl (C=O) groups excluding carboxylic acids is 1. The highest BCUT2D eigenvalue weighted by molar-refractivity contribution is 6.08. The van der Waals surface area contributed by atoms with Gasteiger partial charge in [0.15, 0.2) is 0 Å². The van der Waals surface area contributed by atoms with Crippen molar-refractivity contribution in [1.29, 1.82) is 0 Å². The van der Waals surface area contributed by atoms with Gasteiger partial charge in [-0.2, -0.15) is 13.2 Å². The summed E-state index contributed by atoms with van der Waals surface area (Å²) in [6, 6.07) is 18.4. The lowest BCUT2D eigenvalue weighted by Gasteiger charge is -2.40. The summed E-state index contributed by atoms with van der Waals surface area (Å²) in [5, 5.41) is 13.7. The van der Waals surface area contributed by atoms with E-state index in [4.69, 9.17) is 4.98 Å². The lowest BCUT2D eigenvalue weighted by molar-refractivity contribution is -0.137. The van der Waals surface area contributed by atoms with Crippen LogP contribution in [0.5, 0.6) is 5.88 Å². The van der Waals surface area contributed by atoms with Gasteiger partial charge >= 0.3 is 6.18 Å². The highest BCUT2D eigenvalue weighted by Crippen LogP contribution is 2.46. The van der Waals surface area contributed by atoms with Crippen LogP contribution in [-0.4, -0.2) is 63.0 Å². The molecule has 0 spiro atoms. The summed E-state index contributed by atoms with van der Waals surface area (Å²) in [5.74, 6) is -0.633. The SMILES string of the molecule is O=C(NC1(c2ccccc2)CC1)c1c(CN2CCC(N3CCCCC3)CC2)c(-c2cccc(C(F)(F)F)c2)nc2ccc(O)nc12. The number of fused-ring (bicyclic) bond motifs is 1. The lowest BCUT2D eigenvalue weighted by atomic mass is 9.94. The van der Waals surface area contributed by atoms with Crippen LogP contribution in [0.4, 0.5) is 13.2 Å². The second-order valence-corrected chi connectivity index (χ2v) is 12.9.